The van der Waals surface area contributed by atoms with Gasteiger partial charge in [0.1, 0.15) is 11.5 Å². The Kier molecular flexibility index (Phi) is 4.97. The number of nitrogens with one attached hydrogen (secondary N) is 1. The predicted octanol–water partition coefficient (Wildman–Crippen LogP) is 1.30. The van der Waals surface area contributed by atoms with Crippen LogP contribution >= 0.6 is 0 Å². The minimum absolute atomic E-state index is 0.0909. The zero-order valence-electron chi connectivity index (χ0n) is 13.7. The first-order valence-electron chi connectivity index (χ1n) is 8.10. The fraction of sp³-hybridized carbons (Fsp3) is 0.444. The van der Waals surface area contributed by atoms with Crippen LogP contribution in [0.4, 0.5) is 5.69 Å². The minimum atomic E-state index is -0.548. The number of β-lactam (4-membered cyclic amide) rings is 1. The van der Waals surface area contributed by atoms with E-state index in [1.165, 1.54) is 0 Å². The molecule has 3 atom stereocenters. The molecule has 2 fully saturated rings. The molecule has 2 heterocycles. The van der Waals surface area contributed by atoms with Crippen molar-refractivity contribution in [3.8, 4) is 5.75 Å². The number of amides is 1. The van der Waals surface area contributed by atoms with Crippen molar-refractivity contribution in [3.05, 3.63) is 36.9 Å². The number of ketones is 1. The van der Waals surface area contributed by atoms with Gasteiger partial charge in [-0.25, -0.2) is 0 Å². The summed E-state index contributed by atoms with van der Waals surface area (Å²) in [6, 6.07) is 7.03. The van der Waals surface area contributed by atoms with E-state index in [1.807, 2.05) is 24.3 Å². The van der Waals surface area contributed by atoms with Gasteiger partial charge < -0.3 is 19.7 Å². The highest BCUT2D eigenvalue weighted by molar-refractivity contribution is 6.05. The highest BCUT2D eigenvalue weighted by Gasteiger charge is 2.53. The molecule has 24 heavy (non-hydrogen) atoms. The Morgan fingerprint density at radius 2 is 2.08 bits per heavy atom. The van der Waals surface area contributed by atoms with Crippen LogP contribution < -0.4 is 15.0 Å². The lowest BCUT2D eigenvalue weighted by molar-refractivity contribution is -0.143. The first-order chi connectivity index (χ1) is 11.7. The molecule has 2 saturated heterocycles. The average Bonchev–Trinajstić information content (AvgIpc) is 2.60. The maximum Gasteiger partial charge on any atom is 0.258 e. The van der Waals surface area contributed by atoms with E-state index in [9.17, 15) is 9.59 Å². The third-order valence-corrected chi connectivity index (χ3v) is 4.50. The first kappa shape index (κ1) is 16.7. The van der Waals surface area contributed by atoms with E-state index >= 15 is 0 Å². The van der Waals surface area contributed by atoms with Crippen LogP contribution in [-0.2, 0) is 14.3 Å². The molecule has 1 aromatic carbocycles. The van der Waals surface area contributed by atoms with Crippen LogP contribution in [0.2, 0.25) is 0 Å². The number of methoxy groups -OCH3 is 1. The van der Waals surface area contributed by atoms with E-state index in [0.717, 1.165) is 11.4 Å². The van der Waals surface area contributed by atoms with Gasteiger partial charge in [0.25, 0.3) is 5.91 Å². The van der Waals surface area contributed by atoms with Gasteiger partial charge >= 0.3 is 0 Å². The van der Waals surface area contributed by atoms with Crippen LogP contribution in [0.1, 0.15) is 12.8 Å². The fourth-order valence-electron chi connectivity index (χ4n) is 3.32. The van der Waals surface area contributed by atoms with Crippen molar-refractivity contribution in [1.82, 2.24) is 5.32 Å². The molecule has 0 unspecified atom stereocenters. The molecule has 0 bridgehead atoms. The largest absolute Gasteiger partial charge is 0.497 e. The second kappa shape index (κ2) is 7.15. The van der Waals surface area contributed by atoms with E-state index in [1.54, 1.807) is 18.1 Å². The Bertz CT molecular complexity index is 628. The zero-order valence-corrected chi connectivity index (χ0v) is 13.7. The number of nitrogens with zero attached hydrogens (tertiary/aromatic N) is 1. The quantitative estimate of drug-likeness (QED) is 0.629. The average molecular weight is 330 g/mol. The van der Waals surface area contributed by atoms with Crippen LogP contribution in [0.3, 0.4) is 0 Å². The van der Waals surface area contributed by atoms with Gasteiger partial charge in [-0.3, -0.25) is 9.59 Å². The maximum absolute atomic E-state index is 12.6. The molecular formula is C18H22N2O4. The highest BCUT2D eigenvalue weighted by atomic mass is 16.5. The lowest BCUT2D eigenvalue weighted by Crippen LogP contribution is -2.73. The monoisotopic (exact) mass is 330 g/mol. The first-order valence-corrected chi connectivity index (χ1v) is 8.10. The van der Waals surface area contributed by atoms with Gasteiger partial charge in [0.05, 0.1) is 19.8 Å². The van der Waals surface area contributed by atoms with Crippen molar-refractivity contribution >= 4 is 17.4 Å². The number of piperidine rings is 1. The molecule has 0 aliphatic carbocycles. The summed E-state index contributed by atoms with van der Waals surface area (Å²) in [6.07, 6.45) is 2.03. The molecule has 0 aromatic heterocycles. The number of hydrogen-bond donors (Lipinski definition) is 1. The van der Waals surface area contributed by atoms with Gasteiger partial charge in [0.2, 0.25) is 0 Å². The number of Topliss-reactive ketones (excluding diaryl/α,β-unsaturated/α-hetero) is 1. The summed E-state index contributed by atoms with van der Waals surface area (Å²) in [6.45, 7) is 4.58. The summed E-state index contributed by atoms with van der Waals surface area (Å²) in [4.78, 5) is 26.1. The molecule has 1 amide bonds. The van der Waals surface area contributed by atoms with Crippen LogP contribution in [0.15, 0.2) is 36.9 Å². The Balaban J connectivity index is 1.83. The van der Waals surface area contributed by atoms with Crippen LogP contribution in [0, 0.1) is 0 Å². The molecule has 3 rings (SSSR count). The fourth-order valence-corrected chi connectivity index (χ4v) is 3.32. The van der Waals surface area contributed by atoms with Gasteiger partial charge in [-0.2, -0.15) is 0 Å². The molecular weight excluding hydrogens is 308 g/mol. The number of hydrogen-bond acceptors (Lipinski definition) is 5. The zero-order chi connectivity index (χ0) is 17.1. The summed E-state index contributed by atoms with van der Waals surface area (Å²) in [5.41, 5.74) is 0.782. The Hall–Kier alpha value is -2.18. The van der Waals surface area contributed by atoms with E-state index < -0.39 is 6.10 Å². The summed E-state index contributed by atoms with van der Waals surface area (Å²) >= 11 is 0. The predicted molar refractivity (Wildman–Crippen MR) is 90.2 cm³/mol. The number of benzene rings is 1. The topological polar surface area (TPSA) is 67.9 Å². The molecule has 1 N–H and O–H groups in total. The molecule has 0 saturated carbocycles. The standard InChI is InChI=1S/C18H22N2O4/c1-3-10-24-17-16(15-11-13(21)8-9-19-15)20(18(17)22)12-4-6-14(23-2)7-5-12/h3-7,15-17,19H,1,8-11H2,2H3/t15-,16+,17-/m1/s1. The highest BCUT2D eigenvalue weighted by Crippen LogP contribution is 2.34. The third-order valence-electron chi connectivity index (χ3n) is 4.50. The number of ether oxygens (including phenoxy) is 2. The van der Waals surface area contributed by atoms with Crippen molar-refractivity contribution < 1.29 is 19.1 Å². The second-order valence-electron chi connectivity index (χ2n) is 5.99. The lowest BCUT2D eigenvalue weighted by atomic mass is 9.85. The molecule has 2 aliphatic heterocycles. The van der Waals surface area contributed by atoms with Crippen LogP contribution in [0.5, 0.6) is 5.75 Å². The van der Waals surface area contributed by atoms with E-state index in [4.69, 9.17) is 9.47 Å². The van der Waals surface area contributed by atoms with Crippen molar-refractivity contribution in [3.63, 3.8) is 0 Å². The molecule has 6 heteroatoms. The van der Waals surface area contributed by atoms with Crippen molar-refractivity contribution in [2.75, 3.05) is 25.2 Å². The van der Waals surface area contributed by atoms with Crippen molar-refractivity contribution in [2.45, 2.75) is 31.0 Å². The maximum atomic E-state index is 12.6. The molecule has 6 nitrogen and oxygen atoms in total. The van der Waals surface area contributed by atoms with Gasteiger partial charge in [-0.05, 0) is 24.3 Å². The lowest BCUT2D eigenvalue weighted by Gasteiger charge is -2.50. The molecule has 0 radical (unpaired) electrons. The Labute approximate surface area is 141 Å². The Morgan fingerprint density at radius 3 is 2.71 bits per heavy atom. The minimum Gasteiger partial charge on any atom is -0.497 e. The van der Waals surface area contributed by atoms with E-state index in [-0.39, 0.29) is 23.8 Å². The SMILES string of the molecule is C=CCO[C@H]1C(=O)N(c2ccc(OC)cc2)[C@H]1[C@H]1CC(=O)CCN1. The number of carbonyl (C=O) groups is 2. The third kappa shape index (κ3) is 3.07. The van der Waals surface area contributed by atoms with E-state index in [2.05, 4.69) is 11.9 Å². The van der Waals surface area contributed by atoms with Crippen molar-refractivity contribution in [2.24, 2.45) is 0 Å². The molecule has 1 aromatic rings. The van der Waals surface area contributed by atoms with Gasteiger partial charge in [0.15, 0.2) is 6.10 Å². The van der Waals surface area contributed by atoms with E-state index in [0.29, 0.717) is 26.0 Å². The Morgan fingerprint density at radius 1 is 1.33 bits per heavy atom. The van der Waals surface area contributed by atoms with Crippen LogP contribution in [0.25, 0.3) is 0 Å². The van der Waals surface area contributed by atoms with Gasteiger partial charge in [-0.15, -0.1) is 6.58 Å². The second-order valence-corrected chi connectivity index (χ2v) is 5.99. The molecule has 2 aliphatic rings. The number of rotatable bonds is 6. The van der Waals surface area contributed by atoms with Crippen LogP contribution in [-0.4, -0.2) is 50.1 Å². The van der Waals surface area contributed by atoms with Gasteiger partial charge in [-0.1, -0.05) is 6.08 Å². The normalized spacial score (nSPS) is 26.9. The smallest absolute Gasteiger partial charge is 0.258 e. The number of carbonyl (C=O) groups excluding carboxylic acids is 2. The summed E-state index contributed by atoms with van der Waals surface area (Å²) < 4.78 is 10.8. The molecule has 128 valence electrons. The molecule has 0 spiro atoms. The van der Waals surface area contributed by atoms with Crippen molar-refractivity contribution in [1.29, 1.82) is 0 Å². The summed E-state index contributed by atoms with van der Waals surface area (Å²) in [7, 11) is 1.60. The summed E-state index contributed by atoms with van der Waals surface area (Å²) in [5.74, 6) is 0.857. The van der Waals surface area contributed by atoms with Gasteiger partial charge in [0, 0.05) is 31.1 Å². The number of anilines is 1. The summed E-state index contributed by atoms with van der Waals surface area (Å²) in [5, 5.41) is 3.36.